The van der Waals surface area contributed by atoms with Crippen molar-refractivity contribution in [1.82, 2.24) is 10.2 Å². The molecule has 0 aliphatic heterocycles. The van der Waals surface area contributed by atoms with E-state index in [1.807, 2.05) is 70.2 Å². The number of carbonyl (C=O) groups excluding carboxylic acids is 2. The molecule has 0 radical (unpaired) electrons. The zero-order valence-corrected chi connectivity index (χ0v) is 26.5. The number of nitrogens with zero attached hydrogens (tertiary/aromatic N) is 2. The molecule has 0 bridgehead atoms. The van der Waals surface area contributed by atoms with Crippen molar-refractivity contribution in [2.45, 2.75) is 83.7 Å². The van der Waals surface area contributed by atoms with Crippen molar-refractivity contribution in [3.8, 4) is 0 Å². The van der Waals surface area contributed by atoms with E-state index in [0.717, 1.165) is 23.1 Å². The molecule has 0 aliphatic carbocycles. The number of carbonyl (C=O) groups is 2. The number of rotatable bonds is 14. The first-order chi connectivity index (χ1) is 20.0. The van der Waals surface area contributed by atoms with Crippen LogP contribution < -0.4 is 9.62 Å². The first-order valence-corrected chi connectivity index (χ1v) is 16.2. The third kappa shape index (κ3) is 8.44. The van der Waals surface area contributed by atoms with E-state index in [9.17, 15) is 18.0 Å². The van der Waals surface area contributed by atoms with Crippen LogP contribution >= 0.6 is 0 Å². The Hall–Kier alpha value is -3.65. The van der Waals surface area contributed by atoms with Gasteiger partial charge in [0.1, 0.15) is 12.6 Å². The number of sulfonamides is 1. The molecule has 3 rings (SSSR count). The van der Waals surface area contributed by atoms with Gasteiger partial charge in [-0.15, -0.1) is 0 Å². The lowest BCUT2D eigenvalue weighted by atomic mass is 10.0. The molecule has 0 saturated carbocycles. The van der Waals surface area contributed by atoms with Crippen LogP contribution in [0.5, 0.6) is 0 Å². The Morgan fingerprint density at radius 1 is 0.833 bits per heavy atom. The number of amides is 2. The Bertz CT molecular complexity index is 1410. The van der Waals surface area contributed by atoms with Crippen molar-refractivity contribution in [1.29, 1.82) is 0 Å². The summed E-state index contributed by atoms with van der Waals surface area (Å²) in [4.78, 5) is 29.2. The lowest BCUT2D eigenvalue weighted by molar-refractivity contribution is -0.139. The summed E-state index contributed by atoms with van der Waals surface area (Å²) >= 11 is 0. The van der Waals surface area contributed by atoms with Gasteiger partial charge in [-0.25, -0.2) is 8.42 Å². The maximum Gasteiger partial charge on any atom is 0.264 e. The Kier molecular flexibility index (Phi) is 11.7. The highest BCUT2D eigenvalue weighted by Gasteiger charge is 2.33. The molecule has 226 valence electrons. The molecule has 0 heterocycles. The predicted molar refractivity (Wildman–Crippen MR) is 170 cm³/mol. The van der Waals surface area contributed by atoms with Gasteiger partial charge in [0.05, 0.1) is 10.6 Å². The second kappa shape index (κ2) is 15.0. The minimum Gasteiger partial charge on any atom is -0.352 e. The zero-order chi connectivity index (χ0) is 30.9. The monoisotopic (exact) mass is 591 g/mol. The first-order valence-electron chi connectivity index (χ1n) is 14.8. The van der Waals surface area contributed by atoms with Gasteiger partial charge in [-0.05, 0) is 74.4 Å². The van der Waals surface area contributed by atoms with Crippen molar-refractivity contribution in [3.05, 3.63) is 95.6 Å². The van der Waals surface area contributed by atoms with E-state index in [0.29, 0.717) is 18.5 Å². The molecule has 0 fully saturated rings. The summed E-state index contributed by atoms with van der Waals surface area (Å²) in [5.74, 6) is -0.395. The molecule has 8 heteroatoms. The van der Waals surface area contributed by atoms with Gasteiger partial charge in [0.25, 0.3) is 10.0 Å². The van der Waals surface area contributed by atoms with Crippen molar-refractivity contribution >= 4 is 27.5 Å². The molecule has 42 heavy (non-hydrogen) atoms. The lowest BCUT2D eigenvalue weighted by Gasteiger charge is -2.33. The minimum atomic E-state index is -4.09. The van der Waals surface area contributed by atoms with E-state index >= 15 is 0 Å². The van der Waals surface area contributed by atoms with Crippen LogP contribution in [0.2, 0.25) is 0 Å². The van der Waals surface area contributed by atoms with Gasteiger partial charge in [-0.1, -0.05) is 87.9 Å². The van der Waals surface area contributed by atoms with E-state index in [1.165, 1.54) is 4.31 Å². The summed E-state index contributed by atoms with van der Waals surface area (Å²) < 4.78 is 29.2. The molecule has 0 saturated heterocycles. The lowest BCUT2D eigenvalue weighted by Crippen LogP contribution is -2.54. The number of hydrogen-bond donors (Lipinski definition) is 1. The van der Waals surface area contributed by atoms with E-state index in [2.05, 4.69) is 19.2 Å². The third-order valence-electron chi connectivity index (χ3n) is 7.61. The third-order valence-corrected chi connectivity index (χ3v) is 9.39. The van der Waals surface area contributed by atoms with Crippen LogP contribution in [0.3, 0.4) is 0 Å². The highest BCUT2D eigenvalue weighted by molar-refractivity contribution is 7.92. The average molecular weight is 592 g/mol. The predicted octanol–water partition coefficient (Wildman–Crippen LogP) is 6.08. The van der Waals surface area contributed by atoms with E-state index < -0.39 is 28.5 Å². The highest BCUT2D eigenvalue weighted by atomic mass is 32.2. The summed E-state index contributed by atoms with van der Waals surface area (Å²) in [6, 6.07) is 22.9. The van der Waals surface area contributed by atoms with Crippen LogP contribution in [-0.2, 0) is 26.0 Å². The highest BCUT2D eigenvalue weighted by Crippen LogP contribution is 2.27. The molecular formula is C34H45N3O4S. The fourth-order valence-electron chi connectivity index (χ4n) is 4.73. The fraction of sp³-hybridized carbons (Fsp3) is 0.412. The molecule has 0 aliphatic rings. The van der Waals surface area contributed by atoms with Gasteiger partial charge in [0, 0.05) is 12.6 Å². The van der Waals surface area contributed by atoms with E-state index in [4.69, 9.17) is 0 Å². The molecule has 2 atom stereocenters. The van der Waals surface area contributed by atoms with Crippen molar-refractivity contribution < 1.29 is 18.0 Å². The maximum absolute atomic E-state index is 14.2. The zero-order valence-electron chi connectivity index (χ0n) is 25.7. The fourth-order valence-corrected chi connectivity index (χ4v) is 6.14. The quantitative estimate of drug-likeness (QED) is 0.246. The van der Waals surface area contributed by atoms with Crippen LogP contribution in [0.15, 0.2) is 83.8 Å². The topological polar surface area (TPSA) is 86.8 Å². The number of hydrogen-bond acceptors (Lipinski definition) is 4. The SMILES string of the molecule is CC[C@@H](C)NC(=O)[C@@H](CC)N(CCc1ccccc1)C(=O)CN(c1ccc(C(C)C)cc1)S(=O)(=O)c1ccc(C)cc1. The minimum absolute atomic E-state index is 0.0458. The molecule has 3 aromatic rings. The maximum atomic E-state index is 14.2. The van der Waals surface area contributed by atoms with Crippen LogP contribution in [0.1, 0.15) is 70.1 Å². The molecule has 1 N–H and O–H groups in total. The van der Waals surface area contributed by atoms with Crippen LogP contribution in [0.25, 0.3) is 0 Å². The van der Waals surface area contributed by atoms with Gasteiger partial charge in [0.2, 0.25) is 11.8 Å². The summed E-state index contributed by atoms with van der Waals surface area (Å²) in [6.07, 6.45) is 1.69. The van der Waals surface area contributed by atoms with Crippen LogP contribution in [0.4, 0.5) is 5.69 Å². The molecule has 7 nitrogen and oxygen atoms in total. The molecule has 0 aromatic heterocycles. The van der Waals surface area contributed by atoms with Gasteiger partial charge in [-0.3, -0.25) is 13.9 Å². The summed E-state index contributed by atoms with van der Waals surface area (Å²) in [7, 11) is -4.09. The van der Waals surface area contributed by atoms with Gasteiger partial charge in [0.15, 0.2) is 0 Å². The largest absolute Gasteiger partial charge is 0.352 e. The summed E-state index contributed by atoms with van der Waals surface area (Å²) in [5.41, 5.74) is 3.42. The van der Waals surface area contributed by atoms with Crippen molar-refractivity contribution in [2.75, 3.05) is 17.4 Å². The van der Waals surface area contributed by atoms with E-state index in [-0.39, 0.29) is 29.3 Å². The van der Waals surface area contributed by atoms with E-state index in [1.54, 1.807) is 41.3 Å². The number of benzene rings is 3. The Morgan fingerprint density at radius 3 is 2.00 bits per heavy atom. The molecule has 2 amide bonds. The smallest absolute Gasteiger partial charge is 0.264 e. The molecular weight excluding hydrogens is 546 g/mol. The second-order valence-electron chi connectivity index (χ2n) is 11.1. The molecule has 3 aromatic carbocycles. The number of nitrogens with one attached hydrogen (secondary N) is 1. The average Bonchev–Trinajstić information content (AvgIpc) is 2.98. The van der Waals surface area contributed by atoms with Crippen LogP contribution in [0, 0.1) is 6.92 Å². The Morgan fingerprint density at radius 2 is 1.45 bits per heavy atom. The van der Waals surface area contributed by atoms with Crippen molar-refractivity contribution in [2.24, 2.45) is 0 Å². The second-order valence-corrected chi connectivity index (χ2v) is 13.0. The number of anilines is 1. The normalized spacial score (nSPS) is 12.9. The van der Waals surface area contributed by atoms with Crippen LogP contribution in [-0.4, -0.2) is 50.3 Å². The molecule has 0 spiro atoms. The van der Waals surface area contributed by atoms with Gasteiger partial charge >= 0.3 is 0 Å². The van der Waals surface area contributed by atoms with Crippen molar-refractivity contribution in [3.63, 3.8) is 0 Å². The Labute approximate surface area is 252 Å². The standard InChI is InChI=1S/C34H45N3O4S/c1-7-27(6)35-34(39)32(8-2)36(23-22-28-12-10-9-11-13-28)33(38)24-37(30-18-16-29(17-19-30)25(3)4)42(40,41)31-20-14-26(5)15-21-31/h9-21,25,27,32H,7-8,22-24H2,1-6H3,(H,35,39)/t27-,32-/m1/s1. The first kappa shape index (κ1) is 32.9. The van der Waals surface area contributed by atoms with Gasteiger partial charge in [-0.2, -0.15) is 0 Å². The summed E-state index contributed by atoms with van der Waals surface area (Å²) in [6.45, 7) is 11.7. The Balaban J connectivity index is 2.02. The number of aryl methyl sites for hydroxylation is 1. The summed E-state index contributed by atoms with van der Waals surface area (Å²) in [5, 5.41) is 3.01. The van der Waals surface area contributed by atoms with Gasteiger partial charge < -0.3 is 10.2 Å². The molecule has 0 unspecified atom stereocenters.